The lowest BCUT2D eigenvalue weighted by Gasteiger charge is -2.13. The Hall–Kier alpha value is -2.92. The fourth-order valence-corrected chi connectivity index (χ4v) is 4.22. The summed E-state index contributed by atoms with van der Waals surface area (Å²) < 4.78 is 1.63. The summed E-state index contributed by atoms with van der Waals surface area (Å²) in [4.78, 5) is 22.5. The number of pyridine rings is 1. The summed E-state index contributed by atoms with van der Waals surface area (Å²) in [7, 11) is 0. The molecule has 2 aromatic carbocycles. The van der Waals surface area contributed by atoms with E-state index in [1.54, 1.807) is 22.5 Å². The number of aromatic nitrogens is 3. The molecule has 4 aromatic rings. The molecular weight excluding hydrogens is 366 g/mol. The summed E-state index contributed by atoms with van der Waals surface area (Å²) in [6.45, 7) is 6.19. The first kappa shape index (κ1) is 18.4. The van der Waals surface area contributed by atoms with Crippen molar-refractivity contribution in [3.05, 3.63) is 93.4 Å². The zero-order valence-electron chi connectivity index (χ0n) is 16.1. The van der Waals surface area contributed by atoms with Crippen LogP contribution in [0.4, 0.5) is 0 Å². The van der Waals surface area contributed by atoms with Gasteiger partial charge < -0.3 is 0 Å². The van der Waals surface area contributed by atoms with Gasteiger partial charge in [-0.3, -0.25) is 4.79 Å². The quantitative estimate of drug-likeness (QED) is 0.365. The van der Waals surface area contributed by atoms with Crippen LogP contribution in [0.5, 0.6) is 0 Å². The first-order valence-corrected chi connectivity index (χ1v) is 10.2. The summed E-state index contributed by atoms with van der Waals surface area (Å²) in [5, 5.41) is 1.25. The van der Waals surface area contributed by atoms with Gasteiger partial charge >= 0.3 is 0 Å². The van der Waals surface area contributed by atoms with Crippen LogP contribution in [0.2, 0.25) is 0 Å². The Morgan fingerprint density at radius 3 is 2.57 bits per heavy atom. The molecule has 0 fully saturated rings. The van der Waals surface area contributed by atoms with Gasteiger partial charge in [0.15, 0.2) is 5.16 Å². The number of hydrogen-bond donors (Lipinski definition) is 0. The molecule has 5 heteroatoms. The molecule has 2 heterocycles. The van der Waals surface area contributed by atoms with E-state index in [4.69, 9.17) is 4.98 Å². The molecule has 0 spiro atoms. The number of para-hydroxylation sites is 1. The Morgan fingerprint density at radius 1 is 0.964 bits per heavy atom. The van der Waals surface area contributed by atoms with Gasteiger partial charge in [0.05, 0.1) is 10.9 Å². The van der Waals surface area contributed by atoms with Crippen LogP contribution in [0.1, 0.15) is 22.3 Å². The maximum Gasteiger partial charge on any atom is 0.267 e. The zero-order valence-corrected chi connectivity index (χ0v) is 17.0. The highest BCUT2D eigenvalue weighted by Gasteiger charge is 2.15. The summed E-state index contributed by atoms with van der Waals surface area (Å²) in [5.74, 6) is 1.34. The predicted molar refractivity (Wildman–Crippen MR) is 115 cm³/mol. The van der Waals surface area contributed by atoms with Crippen molar-refractivity contribution < 1.29 is 0 Å². The van der Waals surface area contributed by atoms with Gasteiger partial charge in [0.2, 0.25) is 0 Å². The molecule has 0 N–H and O–H groups in total. The Morgan fingerprint density at radius 2 is 1.75 bits per heavy atom. The molecule has 2 aromatic heterocycles. The standard InChI is InChI=1S/C23H21N3OS/c1-15-8-9-17(3)18(12-15)14-28-23-25-20-7-5-4-6-19(20)22(27)26(23)21-13-16(2)10-11-24-21/h4-13H,14H2,1-3H3. The van der Waals surface area contributed by atoms with Crippen LogP contribution >= 0.6 is 11.8 Å². The van der Waals surface area contributed by atoms with E-state index in [-0.39, 0.29) is 5.56 Å². The maximum absolute atomic E-state index is 13.3. The molecule has 4 nitrogen and oxygen atoms in total. The molecule has 28 heavy (non-hydrogen) atoms. The van der Waals surface area contributed by atoms with E-state index in [9.17, 15) is 4.79 Å². The molecule has 0 amide bonds. The van der Waals surface area contributed by atoms with E-state index in [1.165, 1.54) is 16.7 Å². The highest BCUT2D eigenvalue weighted by molar-refractivity contribution is 7.98. The van der Waals surface area contributed by atoms with E-state index in [0.29, 0.717) is 21.9 Å². The molecule has 0 radical (unpaired) electrons. The topological polar surface area (TPSA) is 47.8 Å². The summed E-state index contributed by atoms with van der Waals surface area (Å²) in [6, 6.07) is 17.7. The fourth-order valence-electron chi connectivity index (χ4n) is 3.15. The number of nitrogens with zero attached hydrogens (tertiary/aromatic N) is 3. The van der Waals surface area contributed by atoms with Crippen LogP contribution in [-0.4, -0.2) is 14.5 Å². The monoisotopic (exact) mass is 387 g/mol. The second kappa shape index (κ2) is 7.60. The lowest BCUT2D eigenvalue weighted by Crippen LogP contribution is -2.22. The van der Waals surface area contributed by atoms with Crippen LogP contribution in [0.25, 0.3) is 16.7 Å². The van der Waals surface area contributed by atoms with Crippen molar-refractivity contribution in [1.29, 1.82) is 0 Å². The van der Waals surface area contributed by atoms with Gasteiger partial charge in [-0.1, -0.05) is 47.7 Å². The molecule has 0 unspecified atom stereocenters. The van der Waals surface area contributed by atoms with Crippen LogP contribution in [0, 0.1) is 20.8 Å². The van der Waals surface area contributed by atoms with E-state index in [1.807, 2.05) is 43.3 Å². The third kappa shape index (κ3) is 3.58. The second-order valence-corrected chi connectivity index (χ2v) is 7.90. The van der Waals surface area contributed by atoms with Crippen LogP contribution in [-0.2, 0) is 5.75 Å². The molecule has 0 aliphatic rings. The lowest BCUT2D eigenvalue weighted by molar-refractivity contribution is 0.794. The summed E-state index contributed by atoms with van der Waals surface area (Å²) >= 11 is 1.56. The number of aryl methyl sites for hydroxylation is 3. The van der Waals surface area contributed by atoms with E-state index >= 15 is 0 Å². The van der Waals surface area contributed by atoms with Crippen molar-refractivity contribution in [3.8, 4) is 5.82 Å². The fraction of sp³-hybridized carbons (Fsp3) is 0.174. The predicted octanol–water partition coefficient (Wildman–Crippen LogP) is 5.00. The van der Waals surface area contributed by atoms with Crippen molar-refractivity contribution in [3.63, 3.8) is 0 Å². The Labute approximate surface area is 168 Å². The largest absolute Gasteiger partial charge is 0.268 e. The van der Waals surface area contributed by atoms with Crippen LogP contribution in [0.15, 0.2) is 70.7 Å². The third-order valence-corrected chi connectivity index (χ3v) is 5.72. The van der Waals surface area contributed by atoms with E-state index in [0.717, 1.165) is 11.3 Å². The van der Waals surface area contributed by atoms with Gasteiger partial charge in [-0.25, -0.2) is 14.5 Å². The normalized spacial score (nSPS) is 11.1. The molecule has 0 bridgehead atoms. The van der Waals surface area contributed by atoms with Crippen molar-refractivity contribution in [2.45, 2.75) is 31.7 Å². The molecule has 0 aliphatic heterocycles. The highest BCUT2D eigenvalue weighted by Crippen LogP contribution is 2.26. The summed E-state index contributed by atoms with van der Waals surface area (Å²) in [5.41, 5.74) is 5.38. The average molecular weight is 388 g/mol. The molecular formula is C23H21N3OS. The van der Waals surface area contributed by atoms with Gasteiger partial charge in [-0.15, -0.1) is 0 Å². The number of thioether (sulfide) groups is 1. The lowest BCUT2D eigenvalue weighted by atomic mass is 10.1. The highest BCUT2D eigenvalue weighted by atomic mass is 32.2. The van der Waals surface area contributed by atoms with E-state index in [2.05, 4.69) is 37.0 Å². The number of fused-ring (bicyclic) bond motifs is 1. The second-order valence-electron chi connectivity index (χ2n) is 6.96. The van der Waals surface area contributed by atoms with Gasteiger partial charge in [0.1, 0.15) is 5.82 Å². The van der Waals surface area contributed by atoms with Crippen molar-refractivity contribution in [2.75, 3.05) is 0 Å². The molecule has 4 rings (SSSR count). The van der Waals surface area contributed by atoms with E-state index < -0.39 is 0 Å². The number of benzene rings is 2. The molecule has 0 aliphatic carbocycles. The third-order valence-electron chi connectivity index (χ3n) is 4.74. The van der Waals surface area contributed by atoms with Crippen LogP contribution in [0.3, 0.4) is 0 Å². The SMILES string of the molecule is Cc1ccnc(-n2c(SCc3cc(C)ccc3C)nc3ccccc3c2=O)c1. The van der Waals surface area contributed by atoms with Crippen molar-refractivity contribution >= 4 is 22.7 Å². The first-order valence-electron chi connectivity index (χ1n) is 9.17. The zero-order chi connectivity index (χ0) is 19.7. The Balaban J connectivity index is 1.85. The molecule has 0 atom stereocenters. The Bertz CT molecular complexity index is 1230. The minimum Gasteiger partial charge on any atom is -0.268 e. The van der Waals surface area contributed by atoms with Gasteiger partial charge in [0, 0.05) is 11.9 Å². The van der Waals surface area contributed by atoms with Crippen molar-refractivity contribution in [1.82, 2.24) is 14.5 Å². The van der Waals surface area contributed by atoms with Gasteiger partial charge in [-0.2, -0.15) is 0 Å². The number of hydrogen-bond acceptors (Lipinski definition) is 4. The minimum atomic E-state index is -0.0906. The van der Waals surface area contributed by atoms with Crippen LogP contribution < -0.4 is 5.56 Å². The molecule has 0 saturated heterocycles. The molecule has 0 saturated carbocycles. The van der Waals surface area contributed by atoms with Gasteiger partial charge in [-0.05, 0) is 61.7 Å². The maximum atomic E-state index is 13.3. The van der Waals surface area contributed by atoms with Gasteiger partial charge in [0.25, 0.3) is 5.56 Å². The molecule has 140 valence electrons. The van der Waals surface area contributed by atoms with Crippen molar-refractivity contribution in [2.24, 2.45) is 0 Å². The smallest absolute Gasteiger partial charge is 0.267 e. The Kier molecular flexibility index (Phi) is 5.01. The first-order chi connectivity index (χ1) is 13.5. The number of rotatable bonds is 4. The minimum absolute atomic E-state index is 0.0906. The summed E-state index contributed by atoms with van der Waals surface area (Å²) in [6.07, 6.45) is 1.73. The average Bonchev–Trinajstić information content (AvgIpc) is 2.69.